The van der Waals surface area contributed by atoms with E-state index in [0.717, 1.165) is 6.07 Å². The zero-order valence-corrected chi connectivity index (χ0v) is 14.6. The zero-order valence-electron chi connectivity index (χ0n) is 14.6. The topological polar surface area (TPSA) is 128 Å². The molecule has 2 aromatic carbocycles. The van der Waals surface area contributed by atoms with Crippen molar-refractivity contribution < 1.29 is 24.0 Å². The number of ether oxygens (including phenoxy) is 1. The van der Waals surface area contributed by atoms with Gasteiger partial charge in [0, 0.05) is 36.1 Å². The normalized spacial score (nSPS) is 10.0. The molecule has 0 fully saturated rings. The highest BCUT2D eigenvalue weighted by molar-refractivity contribution is 5.99. The van der Waals surface area contributed by atoms with Gasteiger partial charge in [-0.05, 0) is 37.3 Å². The van der Waals surface area contributed by atoms with Crippen LogP contribution in [0.25, 0.3) is 0 Å². The molecule has 0 aromatic heterocycles. The lowest BCUT2D eigenvalue weighted by Crippen LogP contribution is -2.21. The second-order valence-electron chi connectivity index (χ2n) is 5.49. The number of ketones is 1. The van der Waals surface area contributed by atoms with Gasteiger partial charge < -0.3 is 15.4 Å². The van der Waals surface area contributed by atoms with Gasteiger partial charge in [-0.1, -0.05) is 0 Å². The Hall–Kier alpha value is -3.75. The maximum atomic E-state index is 12.2. The van der Waals surface area contributed by atoms with E-state index in [-0.39, 0.29) is 17.0 Å². The minimum atomic E-state index is -0.870. The van der Waals surface area contributed by atoms with E-state index >= 15 is 0 Å². The molecule has 9 heteroatoms. The fourth-order valence-electron chi connectivity index (χ4n) is 2.23. The summed E-state index contributed by atoms with van der Waals surface area (Å²) in [6.45, 7) is 0.861. The molecule has 0 aliphatic heterocycles. The highest BCUT2D eigenvalue weighted by Crippen LogP contribution is 2.22. The van der Waals surface area contributed by atoms with Gasteiger partial charge in [0.15, 0.2) is 12.4 Å². The monoisotopic (exact) mass is 371 g/mol. The van der Waals surface area contributed by atoms with Crippen molar-refractivity contribution in [3.8, 4) is 0 Å². The van der Waals surface area contributed by atoms with E-state index in [4.69, 9.17) is 4.74 Å². The van der Waals surface area contributed by atoms with Gasteiger partial charge in [0.2, 0.25) is 0 Å². The summed E-state index contributed by atoms with van der Waals surface area (Å²) in [4.78, 5) is 45.5. The average molecular weight is 371 g/mol. The van der Waals surface area contributed by atoms with Gasteiger partial charge in [-0.2, -0.15) is 0 Å². The van der Waals surface area contributed by atoms with Crippen LogP contribution in [0.2, 0.25) is 0 Å². The minimum Gasteiger partial charge on any atom is -0.452 e. The van der Waals surface area contributed by atoms with Crippen LogP contribution in [0.5, 0.6) is 0 Å². The maximum absolute atomic E-state index is 12.2. The van der Waals surface area contributed by atoms with E-state index in [1.807, 2.05) is 0 Å². The molecule has 0 aliphatic carbocycles. The molecule has 1 amide bonds. The number of nitrogens with one attached hydrogen (secondary N) is 2. The standard InChI is InChI=1S/C18H17N3O6/c1-11(22)12-3-5-13(6-4-12)20-17(23)10-27-18(24)15-9-14(21(25)26)7-8-16(15)19-2/h3-9,19H,10H2,1-2H3,(H,20,23). The second kappa shape index (κ2) is 8.56. The number of nitro groups is 1. The number of carbonyl (C=O) groups excluding carboxylic acids is 3. The molecule has 2 aromatic rings. The summed E-state index contributed by atoms with van der Waals surface area (Å²) in [5, 5.41) is 16.1. The number of benzene rings is 2. The van der Waals surface area contributed by atoms with Crippen LogP contribution in [-0.2, 0) is 9.53 Å². The molecule has 2 N–H and O–H groups in total. The van der Waals surface area contributed by atoms with Gasteiger partial charge in [0.25, 0.3) is 11.6 Å². The number of esters is 1. The summed E-state index contributed by atoms with van der Waals surface area (Å²) in [5.74, 6) is -1.56. The van der Waals surface area contributed by atoms with Gasteiger partial charge >= 0.3 is 5.97 Å². The Morgan fingerprint density at radius 2 is 1.78 bits per heavy atom. The van der Waals surface area contributed by atoms with E-state index in [0.29, 0.717) is 16.9 Å². The zero-order chi connectivity index (χ0) is 20.0. The van der Waals surface area contributed by atoms with Gasteiger partial charge in [-0.15, -0.1) is 0 Å². The number of non-ortho nitro benzene ring substituents is 1. The molecule has 2 rings (SSSR count). The Labute approximate surface area is 154 Å². The Bertz CT molecular complexity index is 892. The molecule has 0 saturated heterocycles. The lowest BCUT2D eigenvalue weighted by molar-refractivity contribution is -0.384. The van der Waals surface area contributed by atoms with Crippen molar-refractivity contribution in [2.45, 2.75) is 6.92 Å². The SMILES string of the molecule is CNc1ccc([N+](=O)[O-])cc1C(=O)OCC(=O)Nc1ccc(C(C)=O)cc1. The van der Waals surface area contributed by atoms with Gasteiger partial charge in [0.05, 0.1) is 10.5 Å². The van der Waals surface area contributed by atoms with Gasteiger partial charge in [-0.25, -0.2) is 4.79 Å². The van der Waals surface area contributed by atoms with Crippen LogP contribution < -0.4 is 10.6 Å². The van der Waals surface area contributed by atoms with E-state index in [1.165, 1.54) is 19.1 Å². The Balaban J connectivity index is 2.00. The molecule has 0 unspecified atom stereocenters. The molecule has 0 radical (unpaired) electrons. The van der Waals surface area contributed by atoms with Gasteiger partial charge in [-0.3, -0.25) is 19.7 Å². The van der Waals surface area contributed by atoms with Crippen molar-refractivity contribution in [2.24, 2.45) is 0 Å². The number of carbonyl (C=O) groups is 3. The molecule has 0 aliphatic rings. The summed E-state index contributed by atoms with van der Waals surface area (Å²) in [6.07, 6.45) is 0. The average Bonchev–Trinajstić information content (AvgIpc) is 2.65. The molecule has 140 valence electrons. The highest BCUT2D eigenvalue weighted by atomic mass is 16.6. The minimum absolute atomic E-state index is 0.0506. The Morgan fingerprint density at radius 3 is 2.33 bits per heavy atom. The van der Waals surface area contributed by atoms with Crippen LogP contribution in [0.1, 0.15) is 27.6 Å². The molecule has 0 bridgehead atoms. The summed E-state index contributed by atoms with van der Waals surface area (Å²) in [5.41, 5.74) is 0.962. The molecular weight excluding hydrogens is 354 g/mol. The smallest absolute Gasteiger partial charge is 0.341 e. The number of nitro benzene ring substituents is 1. The molecule has 0 atom stereocenters. The molecule has 0 heterocycles. The molecule has 0 spiro atoms. The third kappa shape index (κ3) is 5.11. The Kier molecular flexibility index (Phi) is 6.21. The summed E-state index contributed by atoms with van der Waals surface area (Å²) >= 11 is 0. The van der Waals surface area contributed by atoms with Crippen molar-refractivity contribution in [1.29, 1.82) is 0 Å². The first-order valence-corrected chi connectivity index (χ1v) is 7.86. The maximum Gasteiger partial charge on any atom is 0.341 e. The number of hydrogen-bond donors (Lipinski definition) is 2. The first-order valence-electron chi connectivity index (χ1n) is 7.86. The second-order valence-corrected chi connectivity index (χ2v) is 5.49. The molecule has 0 saturated carbocycles. The number of rotatable bonds is 7. The number of amides is 1. The summed E-state index contributed by atoms with van der Waals surface area (Å²) in [6, 6.07) is 9.93. The predicted molar refractivity (Wildman–Crippen MR) is 98.0 cm³/mol. The molecule has 9 nitrogen and oxygen atoms in total. The number of hydrogen-bond acceptors (Lipinski definition) is 7. The highest BCUT2D eigenvalue weighted by Gasteiger charge is 2.18. The summed E-state index contributed by atoms with van der Waals surface area (Å²) in [7, 11) is 1.55. The van der Waals surface area contributed by atoms with Crippen LogP contribution >= 0.6 is 0 Å². The van der Waals surface area contributed by atoms with Crippen LogP contribution in [-0.4, -0.2) is 36.2 Å². The first-order chi connectivity index (χ1) is 12.8. The van der Waals surface area contributed by atoms with E-state index in [2.05, 4.69) is 10.6 Å². The van der Waals surface area contributed by atoms with E-state index < -0.39 is 23.4 Å². The number of Topliss-reactive ketones (excluding diaryl/α,β-unsaturated/α-hetero) is 1. The van der Waals surface area contributed by atoms with Crippen LogP contribution in [0, 0.1) is 10.1 Å². The van der Waals surface area contributed by atoms with E-state index in [9.17, 15) is 24.5 Å². The number of anilines is 2. The molecule has 27 heavy (non-hydrogen) atoms. The summed E-state index contributed by atoms with van der Waals surface area (Å²) < 4.78 is 4.93. The third-order valence-electron chi connectivity index (χ3n) is 3.61. The van der Waals surface area contributed by atoms with Crippen LogP contribution in [0.4, 0.5) is 17.1 Å². The largest absolute Gasteiger partial charge is 0.452 e. The van der Waals surface area contributed by atoms with Crippen molar-refractivity contribution in [3.63, 3.8) is 0 Å². The lowest BCUT2D eigenvalue weighted by Gasteiger charge is -2.10. The number of nitrogens with zero attached hydrogens (tertiary/aromatic N) is 1. The van der Waals surface area contributed by atoms with E-state index in [1.54, 1.807) is 31.3 Å². The van der Waals surface area contributed by atoms with Crippen molar-refractivity contribution in [2.75, 3.05) is 24.3 Å². The van der Waals surface area contributed by atoms with Crippen molar-refractivity contribution >= 4 is 34.7 Å². The Morgan fingerprint density at radius 1 is 1.11 bits per heavy atom. The quantitative estimate of drug-likeness (QED) is 0.331. The lowest BCUT2D eigenvalue weighted by atomic mass is 10.1. The fourth-order valence-corrected chi connectivity index (χ4v) is 2.23. The van der Waals surface area contributed by atoms with Crippen LogP contribution in [0.3, 0.4) is 0 Å². The predicted octanol–water partition coefficient (Wildman–Crippen LogP) is 2.63. The van der Waals surface area contributed by atoms with Crippen LogP contribution in [0.15, 0.2) is 42.5 Å². The van der Waals surface area contributed by atoms with Gasteiger partial charge in [0.1, 0.15) is 0 Å². The first kappa shape index (κ1) is 19.6. The van der Waals surface area contributed by atoms with Crippen molar-refractivity contribution in [1.82, 2.24) is 0 Å². The fraction of sp³-hybridized carbons (Fsp3) is 0.167. The van der Waals surface area contributed by atoms with Crippen molar-refractivity contribution in [3.05, 3.63) is 63.7 Å². The third-order valence-corrected chi connectivity index (χ3v) is 3.61. The molecular formula is C18H17N3O6.